The smallest absolute Gasteiger partial charge is 0.194 e. The van der Waals surface area contributed by atoms with Crippen molar-refractivity contribution in [3.8, 4) is 28.7 Å². The highest BCUT2D eigenvalue weighted by Gasteiger charge is 2.26. The normalized spacial score (nSPS) is 15.1. The Hall–Kier alpha value is -6.59. The Morgan fingerprint density at radius 3 is 2.06 bits per heavy atom. The molecular formula is C44H29N3O2. The quantitative estimate of drug-likeness (QED) is 0.210. The van der Waals surface area contributed by atoms with Gasteiger partial charge in [0.15, 0.2) is 23.0 Å². The van der Waals surface area contributed by atoms with E-state index in [9.17, 15) is 0 Å². The lowest BCUT2D eigenvalue weighted by atomic mass is 10.0. The number of benzene rings is 7. The summed E-state index contributed by atoms with van der Waals surface area (Å²) < 4.78 is 15.4. The molecule has 3 heterocycles. The van der Waals surface area contributed by atoms with E-state index >= 15 is 0 Å². The minimum atomic E-state index is -0.225. The van der Waals surface area contributed by atoms with Gasteiger partial charge in [0.25, 0.3) is 0 Å². The van der Waals surface area contributed by atoms with Crippen LogP contribution in [0.1, 0.15) is 22.9 Å². The van der Waals surface area contributed by atoms with Crippen LogP contribution < -0.4 is 14.8 Å². The van der Waals surface area contributed by atoms with Gasteiger partial charge in [-0.2, -0.15) is 0 Å². The molecule has 232 valence electrons. The third kappa shape index (κ3) is 4.59. The van der Waals surface area contributed by atoms with Crippen LogP contribution in [0.3, 0.4) is 0 Å². The van der Waals surface area contributed by atoms with E-state index in [-0.39, 0.29) is 6.17 Å². The Morgan fingerprint density at radius 1 is 0.551 bits per heavy atom. The van der Waals surface area contributed by atoms with E-state index < -0.39 is 0 Å². The van der Waals surface area contributed by atoms with Crippen molar-refractivity contribution in [1.29, 1.82) is 0 Å². The fourth-order valence-electron chi connectivity index (χ4n) is 7.11. The Morgan fingerprint density at radius 2 is 1.24 bits per heavy atom. The summed E-state index contributed by atoms with van der Waals surface area (Å²) in [4.78, 5) is 5.14. The van der Waals surface area contributed by atoms with Crippen LogP contribution in [0.25, 0.3) is 44.0 Å². The average molecular weight is 632 g/mol. The van der Waals surface area contributed by atoms with Crippen LogP contribution in [0.5, 0.6) is 23.0 Å². The first-order valence-electron chi connectivity index (χ1n) is 16.5. The zero-order chi connectivity index (χ0) is 32.3. The SMILES string of the molecule is C1=C(c2cccc(-n3c4cc5ccccc5cc4c4ccc5c(c43)Oc3ccccc3O5)c2)NC(c2ccccc2)N=C1c1ccccc1. The number of fused-ring (bicyclic) bond motifs is 7. The molecule has 0 saturated carbocycles. The number of ether oxygens (including phenoxy) is 2. The Balaban J connectivity index is 1.18. The molecular weight excluding hydrogens is 603 g/mol. The van der Waals surface area contributed by atoms with Gasteiger partial charge in [-0.05, 0) is 82.1 Å². The molecule has 5 nitrogen and oxygen atoms in total. The van der Waals surface area contributed by atoms with Crippen LogP contribution in [0.4, 0.5) is 0 Å². The summed E-state index contributed by atoms with van der Waals surface area (Å²) >= 11 is 0. The van der Waals surface area contributed by atoms with E-state index in [0.29, 0.717) is 23.0 Å². The average Bonchev–Trinajstić information content (AvgIpc) is 3.50. The summed E-state index contributed by atoms with van der Waals surface area (Å²) in [6.07, 6.45) is 1.93. The summed E-state index contributed by atoms with van der Waals surface area (Å²) in [7, 11) is 0. The molecule has 0 amide bonds. The predicted molar refractivity (Wildman–Crippen MR) is 198 cm³/mol. The maximum atomic E-state index is 6.67. The number of hydrogen-bond acceptors (Lipinski definition) is 4. The van der Waals surface area contributed by atoms with Gasteiger partial charge in [0.2, 0.25) is 0 Å². The summed E-state index contributed by atoms with van der Waals surface area (Å²) in [5.74, 6) is 2.82. The molecule has 10 rings (SSSR count). The number of nitrogens with zero attached hydrogens (tertiary/aromatic N) is 2. The molecule has 0 saturated heterocycles. The van der Waals surface area contributed by atoms with Gasteiger partial charge in [-0.15, -0.1) is 0 Å². The Kier molecular flexibility index (Phi) is 6.18. The molecule has 1 N–H and O–H groups in total. The highest BCUT2D eigenvalue weighted by molar-refractivity contribution is 6.16. The Bertz CT molecular complexity index is 2640. The second-order valence-electron chi connectivity index (χ2n) is 12.4. The third-order valence-electron chi connectivity index (χ3n) is 9.44. The van der Waals surface area contributed by atoms with Crippen molar-refractivity contribution in [2.45, 2.75) is 6.17 Å². The van der Waals surface area contributed by atoms with E-state index in [1.165, 1.54) is 10.8 Å². The first kappa shape index (κ1) is 27.5. The largest absolute Gasteiger partial charge is 0.449 e. The highest BCUT2D eigenvalue weighted by atomic mass is 16.6. The second-order valence-corrected chi connectivity index (χ2v) is 12.4. The molecule has 1 unspecified atom stereocenters. The molecule has 0 spiro atoms. The van der Waals surface area contributed by atoms with Gasteiger partial charge < -0.3 is 19.4 Å². The van der Waals surface area contributed by atoms with Crippen LogP contribution in [0.15, 0.2) is 169 Å². The molecule has 5 heteroatoms. The molecule has 1 atom stereocenters. The van der Waals surface area contributed by atoms with Gasteiger partial charge in [-0.3, -0.25) is 4.99 Å². The van der Waals surface area contributed by atoms with Crippen molar-refractivity contribution in [3.63, 3.8) is 0 Å². The number of nitrogens with one attached hydrogen (secondary N) is 1. The van der Waals surface area contributed by atoms with Gasteiger partial charge in [0, 0.05) is 22.2 Å². The molecule has 49 heavy (non-hydrogen) atoms. The van der Waals surface area contributed by atoms with Crippen molar-refractivity contribution in [2.75, 3.05) is 0 Å². The maximum absolute atomic E-state index is 6.67. The number of rotatable bonds is 4. The zero-order valence-corrected chi connectivity index (χ0v) is 26.4. The number of allylic oxidation sites excluding steroid dienone is 1. The summed E-state index contributed by atoms with van der Waals surface area (Å²) in [6.45, 7) is 0. The van der Waals surface area contributed by atoms with Gasteiger partial charge >= 0.3 is 0 Å². The van der Waals surface area contributed by atoms with Crippen molar-refractivity contribution >= 4 is 44.0 Å². The molecule has 7 aromatic carbocycles. The second kappa shape index (κ2) is 11.0. The molecule has 0 bridgehead atoms. The molecule has 1 aromatic heterocycles. The van der Waals surface area contributed by atoms with Crippen LogP contribution >= 0.6 is 0 Å². The van der Waals surface area contributed by atoms with Crippen LogP contribution in [0, 0.1) is 0 Å². The summed E-state index contributed by atoms with van der Waals surface area (Å²) in [5, 5.41) is 8.37. The predicted octanol–water partition coefficient (Wildman–Crippen LogP) is 11.0. The van der Waals surface area contributed by atoms with E-state index in [1.54, 1.807) is 0 Å². The maximum Gasteiger partial charge on any atom is 0.194 e. The molecule has 0 radical (unpaired) electrons. The summed E-state index contributed by atoms with van der Waals surface area (Å²) in [5.41, 5.74) is 8.28. The molecule has 2 aliphatic rings. The minimum Gasteiger partial charge on any atom is -0.449 e. The van der Waals surface area contributed by atoms with Gasteiger partial charge in [-0.1, -0.05) is 109 Å². The fourth-order valence-corrected chi connectivity index (χ4v) is 7.11. The molecule has 0 aliphatic carbocycles. The first-order valence-corrected chi connectivity index (χ1v) is 16.5. The monoisotopic (exact) mass is 631 g/mol. The number of aliphatic imine (C=N–C) groups is 1. The highest BCUT2D eigenvalue weighted by Crippen LogP contribution is 2.51. The molecule has 8 aromatic rings. The Labute approximate surface area is 283 Å². The number of aromatic nitrogens is 1. The van der Waals surface area contributed by atoms with E-state index in [4.69, 9.17) is 14.5 Å². The summed E-state index contributed by atoms with van der Waals surface area (Å²) in [6, 6.07) is 54.6. The van der Waals surface area contributed by atoms with E-state index in [0.717, 1.165) is 55.6 Å². The zero-order valence-electron chi connectivity index (χ0n) is 26.4. The lowest BCUT2D eigenvalue weighted by Gasteiger charge is -2.25. The molecule has 0 fully saturated rings. The first-order chi connectivity index (χ1) is 24.3. The van der Waals surface area contributed by atoms with Crippen LogP contribution in [0.2, 0.25) is 0 Å². The molecule has 2 aliphatic heterocycles. The third-order valence-corrected chi connectivity index (χ3v) is 9.44. The lowest BCUT2D eigenvalue weighted by molar-refractivity contribution is 0.362. The van der Waals surface area contributed by atoms with Gasteiger partial charge in [0.1, 0.15) is 11.7 Å². The minimum absolute atomic E-state index is 0.225. The van der Waals surface area contributed by atoms with E-state index in [1.807, 2.05) is 42.5 Å². The van der Waals surface area contributed by atoms with Crippen molar-refractivity contribution in [1.82, 2.24) is 9.88 Å². The van der Waals surface area contributed by atoms with Gasteiger partial charge in [0.05, 0.1) is 11.2 Å². The topological polar surface area (TPSA) is 47.8 Å². The van der Waals surface area contributed by atoms with E-state index in [2.05, 4.69) is 131 Å². The lowest BCUT2D eigenvalue weighted by Crippen LogP contribution is -2.24. The van der Waals surface area contributed by atoms with Gasteiger partial charge in [-0.25, -0.2) is 0 Å². The van der Waals surface area contributed by atoms with Crippen LogP contribution in [-0.2, 0) is 0 Å². The number of para-hydroxylation sites is 2. The van der Waals surface area contributed by atoms with Crippen molar-refractivity contribution < 1.29 is 9.47 Å². The standard InChI is InChI=1S/C44H29N3O2/c1-3-12-28(13-4-1)36-27-37(46-44(45-36)29-14-5-2-6-15-29)32-18-11-19-33(24-32)47-38-26-31-17-8-7-16-30(31)25-35(38)34-22-23-41-43(42(34)47)49-40-21-10-9-20-39(40)48-41/h1-27,44,46H. The van der Waals surface area contributed by atoms with Crippen LogP contribution in [-0.4, -0.2) is 10.3 Å². The fraction of sp³-hybridized carbons (Fsp3) is 0.0227. The van der Waals surface area contributed by atoms with Crippen molar-refractivity contribution in [2.24, 2.45) is 4.99 Å². The van der Waals surface area contributed by atoms with Crippen molar-refractivity contribution in [3.05, 3.63) is 180 Å². The number of hydrogen-bond donors (Lipinski definition) is 1.